The van der Waals surface area contributed by atoms with Crippen LogP contribution in [-0.2, 0) is 22.7 Å². The molecule has 1 aromatic rings. The third-order valence-electron chi connectivity index (χ3n) is 5.63. The second kappa shape index (κ2) is 7.38. The second-order valence-corrected chi connectivity index (χ2v) is 7.51. The van der Waals surface area contributed by atoms with Crippen LogP contribution < -0.4 is 16.0 Å². The summed E-state index contributed by atoms with van der Waals surface area (Å²) < 4.78 is 0. The fourth-order valence-electron chi connectivity index (χ4n) is 3.83. The topological polar surface area (TPSA) is 111 Å². The van der Waals surface area contributed by atoms with E-state index in [1.165, 1.54) is 0 Å². The molecule has 0 aliphatic carbocycles. The standard InChI is InChI=1S/C19H24N4O4/c24-16(13-7-21-8-13)9-20-6-11-1-2-12-10-23(19(27)14(12)5-11)15-3-4-17(25)22-18(15)26/h1-2,5,13,15-16,20-21,24H,3-4,6-10H2,(H,22,25,26). The number of aliphatic hydroxyl groups is 1. The lowest BCUT2D eigenvalue weighted by Crippen LogP contribution is -2.52. The molecule has 1 aromatic carbocycles. The van der Waals surface area contributed by atoms with Crippen molar-refractivity contribution < 1.29 is 19.5 Å². The van der Waals surface area contributed by atoms with E-state index in [1.807, 2.05) is 18.2 Å². The van der Waals surface area contributed by atoms with Crippen molar-refractivity contribution in [3.05, 3.63) is 34.9 Å². The summed E-state index contributed by atoms with van der Waals surface area (Å²) in [6.07, 6.45) is 0.252. The van der Waals surface area contributed by atoms with Crippen LogP contribution in [0.5, 0.6) is 0 Å². The zero-order valence-corrected chi connectivity index (χ0v) is 15.0. The minimum absolute atomic E-state index is 0.165. The van der Waals surface area contributed by atoms with Gasteiger partial charge in [-0.2, -0.15) is 0 Å². The van der Waals surface area contributed by atoms with Gasteiger partial charge in [0.05, 0.1) is 6.10 Å². The molecular weight excluding hydrogens is 348 g/mol. The Morgan fingerprint density at radius 2 is 2.07 bits per heavy atom. The average Bonchev–Trinajstić information content (AvgIpc) is 2.90. The Kier molecular flexibility index (Phi) is 4.94. The number of nitrogens with zero attached hydrogens (tertiary/aromatic N) is 1. The first-order valence-electron chi connectivity index (χ1n) is 9.39. The summed E-state index contributed by atoms with van der Waals surface area (Å²) in [6.45, 7) is 3.18. The van der Waals surface area contributed by atoms with Crippen molar-refractivity contribution in [2.75, 3.05) is 19.6 Å². The van der Waals surface area contributed by atoms with E-state index in [9.17, 15) is 19.5 Å². The smallest absolute Gasteiger partial charge is 0.255 e. The Hall–Kier alpha value is -2.29. The van der Waals surface area contributed by atoms with Gasteiger partial charge in [-0.05, 0) is 23.6 Å². The average molecular weight is 372 g/mol. The van der Waals surface area contributed by atoms with Crippen LogP contribution in [0.15, 0.2) is 18.2 Å². The van der Waals surface area contributed by atoms with Gasteiger partial charge in [-0.15, -0.1) is 0 Å². The van der Waals surface area contributed by atoms with Crippen LogP contribution in [0.4, 0.5) is 0 Å². The van der Waals surface area contributed by atoms with Crippen molar-refractivity contribution >= 4 is 17.7 Å². The molecule has 4 N–H and O–H groups in total. The van der Waals surface area contributed by atoms with Crippen LogP contribution >= 0.6 is 0 Å². The van der Waals surface area contributed by atoms with Crippen molar-refractivity contribution in [1.29, 1.82) is 0 Å². The van der Waals surface area contributed by atoms with Crippen LogP contribution in [-0.4, -0.2) is 59.5 Å². The van der Waals surface area contributed by atoms with Gasteiger partial charge in [0.1, 0.15) is 6.04 Å². The molecule has 4 rings (SSSR count). The number of rotatable bonds is 6. The minimum Gasteiger partial charge on any atom is -0.391 e. The molecule has 0 aromatic heterocycles. The molecule has 2 unspecified atom stereocenters. The van der Waals surface area contributed by atoms with Crippen LogP contribution in [0.3, 0.4) is 0 Å². The quantitative estimate of drug-likeness (QED) is 0.483. The van der Waals surface area contributed by atoms with Crippen LogP contribution in [0, 0.1) is 5.92 Å². The summed E-state index contributed by atoms with van der Waals surface area (Å²) in [7, 11) is 0. The van der Waals surface area contributed by atoms with E-state index in [4.69, 9.17) is 0 Å². The minimum atomic E-state index is -0.588. The molecule has 0 radical (unpaired) electrons. The number of nitrogens with one attached hydrogen (secondary N) is 3. The summed E-state index contributed by atoms with van der Waals surface area (Å²) in [6, 6.07) is 5.15. The summed E-state index contributed by atoms with van der Waals surface area (Å²) >= 11 is 0. The van der Waals surface area contributed by atoms with Crippen LogP contribution in [0.25, 0.3) is 0 Å². The fraction of sp³-hybridized carbons (Fsp3) is 0.526. The monoisotopic (exact) mass is 372 g/mol. The Labute approximate surface area is 157 Å². The highest BCUT2D eigenvalue weighted by Crippen LogP contribution is 2.28. The van der Waals surface area contributed by atoms with E-state index < -0.39 is 11.9 Å². The third-order valence-corrected chi connectivity index (χ3v) is 5.63. The number of amides is 3. The van der Waals surface area contributed by atoms with Crippen LogP contribution in [0.1, 0.15) is 34.3 Å². The van der Waals surface area contributed by atoms with Gasteiger partial charge < -0.3 is 20.6 Å². The zero-order valence-electron chi connectivity index (χ0n) is 15.0. The Morgan fingerprint density at radius 1 is 1.26 bits per heavy atom. The van der Waals surface area contributed by atoms with Gasteiger partial charge in [0.2, 0.25) is 11.8 Å². The van der Waals surface area contributed by atoms with Crippen molar-refractivity contribution in [2.45, 2.75) is 38.1 Å². The number of benzene rings is 1. The summed E-state index contributed by atoms with van der Waals surface area (Å²) in [4.78, 5) is 37.7. The van der Waals surface area contributed by atoms with Gasteiger partial charge in [-0.25, -0.2) is 0 Å². The van der Waals surface area contributed by atoms with Gasteiger partial charge in [0.15, 0.2) is 0 Å². The molecule has 3 aliphatic rings. The molecule has 8 nitrogen and oxygen atoms in total. The highest BCUT2D eigenvalue weighted by Gasteiger charge is 2.39. The number of aliphatic hydroxyl groups excluding tert-OH is 1. The molecule has 2 saturated heterocycles. The number of fused-ring (bicyclic) bond motifs is 1. The predicted octanol–water partition coefficient (Wildman–Crippen LogP) is -0.882. The van der Waals surface area contributed by atoms with Gasteiger partial charge in [-0.3, -0.25) is 19.7 Å². The summed E-state index contributed by atoms with van der Waals surface area (Å²) in [5, 5.41) is 18.7. The normalized spacial score (nSPS) is 23.8. The maximum atomic E-state index is 12.8. The largest absolute Gasteiger partial charge is 0.391 e. The Morgan fingerprint density at radius 3 is 2.78 bits per heavy atom. The maximum absolute atomic E-state index is 12.8. The maximum Gasteiger partial charge on any atom is 0.255 e. The second-order valence-electron chi connectivity index (χ2n) is 7.51. The number of hydrogen-bond acceptors (Lipinski definition) is 6. The van der Waals surface area contributed by atoms with Crippen molar-refractivity contribution in [1.82, 2.24) is 20.9 Å². The molecule has 8 heteroatoms. The van der Waals surface area contributed by atoms with Crippen LogP contribution in [0.2, 0.25) is 0 Å². The number of imide groups is 1. The molecule has 0 bridgehead atoms. The number of carbonyl (C=O) groups excluding carboxylic acids is 3. The van der Waals surface area contributed by atoms with Crippen molar-refractivity contribution in [3.63, 3.8) is 0 Å². The lowest BCUT2D eigenvalue weighted by Gasteiger charge is -2.31. The molecule has 144 valence electrons. The first-order valence-corrected chi connectivity index (χ1v) is 9.39. The van der Waals surface area contributed by atoms with Gasteiger partial charge in [-0.1, -0.05) is 12.1 Å². The van der Waals surface area contributed by atoms with Crippen molar-refractivity contribution in [3.8, 4) is 0 Å². The molecule has 3 aliphatic heterocycles. The SMILES string of the molecule is O=C1CCC(N2Cc3ccc(CNCC(O)C4CNC4)cc3C2=O)C(=O)N1. The van der Waals surface area contributed by atoms with Gasteiger partial charge in [0, 0.05) is 50.6 Å². The van der Waals surface area contributed by atoms with Gasteiger partial charge >= 0.3 is 0 Å². The lowest BCUT2D eigenvalue weighted by atomic mass is 9.96. The van der Waals surface area contributed by atoms with Crippen molar-refractivity contribution in [2.24, 2.45) is 5.92 Å². The van der Waals surface area contributed by atoms with E-state index in [0.717, 1.165) is 24.2 Å². The first kappa shape index (κ1) is 18.1. The fourth-order valence-corrected chi connectivity index (χ4v) is 3.83. The number of carbonyl (C=O) groups is 3. The molecule has 27 heavy (non-hydrogen) atoms. The highest BCUT2D eigenvalue weighted by molar-refractivity contribution is 6.05. The van der Waals surface area contributed by atoms with E-state index >= 15 is 0 Å². The molecular formula is C19H24N4O4. The van der Waals surface area contributed by atoms with E-state index in [1.54, 1.807) is 4.90 Å². The number of piperidine rings is 1. The predicted molar refractivity (Wildman–Crippen MR) is 96.6 cm³/mol. The van der Waals surface area contributed by atoms with E-state index in [0.29, 0.717) is 37.5 Å². The Bertz CT molecular complexity index is 777. The molecule has 0 spiro atoms. The van der Waals surface area contributed by atoms with E-state index in [-0.39, 0.29) is 24.3 Å². The highest BCUT2D eigenvalue weighted by atomic mass is 16.3. The lowest BCUT2D eigenvalue weighted by molar-refractivity contribution is -0.136. The molecule has 2 fully saturated rings. The zero-order chi connectivity index (χ0) is 19.0. The summed E-state index contributed by atoms with van der Waals surface area (Å²) in [5.74, 6) is -0.537. The molecule has 3 amide bonds. The first-order chi connectivity index (χ1) is 13.0. The molecule has 3 heterocycles. The van der Waals surface area contributed by atoms with Gasteiger partial charge in [0.25, 0.3) is 5.91 Å². The number of hydrogen-bond donors (Lipinski definition) is 4. The van der Waals surface area contributed by atoms with E-state index in [2.05, 4.69) is 16.0 Å². The third kappa shape index (κ3) is 3.60. The molecule has 2 atom stereocenters. The Balaban J connectivity index is 1.37. The molecule has 0 saturated carbocycles. The summed E-state index contributed by atoms with van der Waals surface area (Å²) in [5.41, 5.74) is 2.47.